The molecule has 4 nitrogen and oxygen atoms in total. The number of carbonyl (C=O) groups is 1. The maximum absolute atomic E-state index is 12.5. The molecule has 1 aromatic carbocycles. The zero-order chi connectivity index (χ0) is 14.1. The van der Waals surface area contributed by atoms with Crippen molar-refractivity contribution in [2.75, 3.05) is 17.2 Å². The summed E-state index contributed by atoms with van der Waals surface area (Å²) in [5, 5.41) is 1.79. The van der Waals surface area contributed by atoms with Gasteiger partial charge >= 0.3 is 4.87 Å². The normalized spacial score (nSPS) is 14.2. The van der Waals surface area contributed by atoms with Crippen molar-refractivity contribution in [3.63, 3.8) is 0 Å². The molecule has 0 spiro atoms. The molecule has 0 unspecified atom stereocenters. The van der Waals surface area contributed by atoms with Gasteiger partial charge < -0.3 is 4.90 Å². The van der Waals surface area contributed by atoms with Crippen molar-refractivity contribution in [2.45, 2.75) is 18.4 Å². The highest BCUT2D eigenvalue weighted by molar-refractivity contribution is 7.99. The average molecular weight is 306 g/mol. The minimum Gasteiger partial charge on any atom is -0.309 e. The molecule has 0 saturated carbocycles. The number of para-hydroxylation sites is 1. The van der Waals surface area contributed by atoms with E-state index in [1.54, 1.807) is 22.0 Å². The van der Waals surface area contributed by atoms with Gasteiger partial charge in [-0.2, -0.15) is 0 Å². The van der Waals surface area contributed by atoms with Crippen molar-refractivity contribution in [3.05, 3.63) is 45.0 Å². The molecule has 3 rings (SSSR count). The second kappa shape index (κ2) is 5.46. The van der Waals surface area contributed by atoms with Crippen LogP contribution in [0.15, 0.2) is 39.3 Å². The lowest BCUT2D eigenvalue weighted by Gasteiger charge is -2.29. The third kappa shape index (κ3) is 2.41. The molecule has 0 aliphatic carbocycles. The van der Waals surface area contributed by atoms with Gasteiger partial charge in [-0.3, -0.25) is 14.2 Å². The summed E-state index contributed by atoms with van der Waals surface area (Å²) >= 11 is 2.90. The number of benzene rings is 1. The Labute approximate surface area is 125 Å². The Morgan fingerprint density at radius 2 is 2.15 bits per heavy atom. The molecular formula is C14H14N2O2S2. The number of aromatic nitrogens is 1. The van der Waals surface area contributed by atoms with E-state index in [0.29, 0.717) is 6.54 Å². The first kappa shape index (κ1) is 13.5. The Morgan fingerprint density at radius 1 is 1.35 bits per heavy atom. The molecule has 104 valence electrons. The van der Waals surface area contributed by atoms with Crippen LogP contribution in [0.4, 0.5) is 5.69 Å². The summed E-state index contributed by atoms with van der Waals surface area (Å²) in [5.41, 5.74) is 1.79. The number of fused-ring (bicyclic) bond motifs is 1. The molecule has 2 aromatic rings. The van der Waals surface area contributed by atoms with Gasteiger partial charge in [0.05, 0.1) is 5.69 Å². The minimum absolute atomic E-state index is 0.0265. The van der Waals surface area contributed by atoms with E-state index in [-0.39, 0.29) is 17.3 Å². The molecule has 20 heavy (non-hydrogen) atoms. The third-order valence-electron chi connectivity index (χ3n) is 3.30. The highest BCUT2D eigenvalue weighted by Gasteiger charge is 2.23. The van der Waals surface area contributed by atoms with Crippen LogP contribution in [0, 0.1) is 6.92 Å². The number of amides is 1. The van der Waals surface area contributed by atoms with Crippen LogP contribution in [0.3, 0.4) is 0 Å². The summed E-state index contributed by atoms with van der Waals surface area (Å²) in [6, 6.07) is 7.91. The number of rotatable bonds is 2. The second-order valence-electron chi connectivity index (χ2n) is 4.59. The molecule has 6 heteroatoms. The van der Waals surface area contributed by atoms with Crippen LogP contribution in [0.1, 0.15) is 5.69 Å². The lowest BCUT2D eigenvalue weighted by Crippen LogP contribution is -2.39. The van der Waals surface area contributed by atoms with E-state index in [2.05, 4.69) is 0 Å². The van der Waals surface area contributed by atoms with Crippen LogP contribution in [-0.2, 0) is 11.3 Å². The first-order chi connectivity index (χ1) is 9.66. The van der Waals surface area contributed by atoms with E-state index in [4.69, 9.17) is 0 Å². The monoisotopic (exact) mass is 306 g/mol. The van der Waals surface area contributed by atoms with Crippen molar-refractivity contribution in [3.8, 4) is 0 Å². The largest absolute Gasteiger partial charge is 0.309 e. The molecule has 0 fully saturated rings. The zero-order valence-corrected chi connectivity index (χ0v) is 12.7. The predicted molar refractivity (Wildman–Crippen MR) is 82.8 cm³/mol. The fraction of sp³-hybridized carbons (Fsp3) is 0.286. The van der Waals surface area contributed by atoms with Gasteiger partial charge in [0.1, 0.15) is 6.54 Å². The Hall–Kier alpha value is -1.53. The molecule has 0 bridgehead atoms. The van der Waals surface area contributed by atoms with E-state index in [1.165, 1.54) is 4.57 Å². The fourth-order valence-electron chi connectivity index (χ4n) is 2.25. The maximum Gasteiger partial charge on any atom is 0.307 e. The quantitative estimate of drug-likeness (QED) is 0.855. The zero-order valence-electron chi connectivity index (χ0n) is 11.0. The first-order valence-corrected chi connectivity index (χ1v) is 8.20. The first-order valence-electron chi connectivity index (χ1n) is 6.34. The van der Waals surface area contributed by atoms with Gasteiger partial charge in [-0.05, 0) is 19.1 Å². The van der Waals surface area contributed by atoms with Gasteiger partial charge in [-0.15, -0.1) is 11.8 Å². The number of anilines is 1. The summed E-state index contributed by atoms with van der Waals surface area (Å²) < 4.78 is 1.54. The SMILES string of the molecule is Cc1csc(=O)n1CC(=O)N1CCSc2ccccc21. The molecule has 1 aliphatic heterocycles. The lowest BCUT2D eigenvalue weighted by molar-refractivity contribution is -0.119. The van der Waals surface area contributed by atoms with Crippen LogP contribution in [0.5, 0.6) is 0 Å². The van der Waals surface area contributed by atoms with Crippen molar-refractivity contribution in [2.24, 2.45) is 0 Å². The molecule has 0 radical (unpaired) electrons. The Bertz CT molecular complexity index is 705. The molecule has 0 atom stereocenters. The standard InChI is InChI=1S/C14H14N2O2S2/c1-10-9-20-14(18)16(10)8-13(17)15-6-7-19-12-5-3-2-4-11(12)15/h2-5,9H,6-8H2,1H3. The van der Waals surface area contributed by atoms with Gasteiger partial charge in [0, 0.05) is 28.3 Å². The number of thiazole rings is 1. The highest BCUT2D eigenvalue weighted by atomic mass is 32.2. The van der Waals surface area contributed by atoms with Crippen LogP contribution in [0.25, 0.3) is 0 Å². The lowest BCUT2D eigenvalue weighted by atomic mass is 10.2. The maximum atomic E-state index is 12.5. The summed E-state index contributed by atoms with van der Waals surface area (Å²) in [5.74, 6) is 0.863. The van der Waals surface area contributed by atoms with Gasteiger partial charge in [0.2, 0.25) is 5.91 Å². The predicted octanol–water partition coefficient (Wildman–Crippen LogP) is 2.36. The summed E-state index contributed by atoms with van der Waals surface area (Å²) in [6.07, 6.45) is 0. The second-order valence-corrected chi connectivity index (χ2v) is 6.55. The number of aryl methyl sites for hydroxylation is 1. The van der Waals surface area contributed by atoms with Crippen molar-refractivity contribution < 1.29 is 4.79 Å². The Morgan fingerprint density at radius 3 is 2.90 bits per heavy atom. The summed E-state index contributed by atoms with van der Waals surface area (Å²) in [7, 11) is 0. The molecule has 1 amide bonds. The van der Waals surface area contributed by atoms with E-state index < -0.39 is 0 Å². The summed E-state index contributed by atoms with van der Waals surface area (Å²) in [4.78, 5) is 27.0. The minimum atomic E-state index is -0.0736. The van der Waals surface area contributed by atoms with Crippen LogP contribution < -0.4 is 9.77 Å². The number of hydrogen-bond donors (Lipinski definition) is 0. The third-order valence-corrected chi connectivity index (χ3v) is 5.22. The smallest absolute Gasteiger partial charge is 0.307 e. The van der Waals surface area contributed by atoms with Crippen molar-refractivity contribution >= 4 is 34.7 Å². The van der Waals surface area contributed by atoms with Gasteiger partial charge in [-0.1, -0.05) is 23.5 Å². The van der Waals surface area contributed by atoms with Crippen LogP contribution >= 0.6 is 23.1 Å². The van der Waals surface area contributed by atoms with Crippen LogP contribution in [0.2, 0.25) is 0 Å². The average Bonchev–Trinajstić information content (AvgIpc) is 2.78. The number of nitrogens with zero attached hydrogens (tertiary/aromatic N) is 2. The number of carbonyl (C=O) groups excluding carboxylic acids is 1. The van der Waals surface area contributed by atoms with E-state index in [9.17, 15) is 9.59 Å². The van der Waals surface area contributed by atoms with Crippen molar-refractivity contribution in [1.29, 1.82) is 0 Å². The van der Waals surface area contributed by atoms with E-state index >= 15 is 0 Å². The van der Waals surface area contributed by atoms with Gasteiger partial charge in [0.15, 0.2) is 0 Å². The highest BCUT2D eigenvalue weighted by Crippen LogP contribution is 2.34. The number of hydrogen-bond acceptors (Lipinski definition) is 4. The molecule has 0 N–H and O–H groups in total. The van der Waals surface area contributed by atoms with Crippen LogP contribution in [-0.4, -0.2) is 22.8 Å². The van der Waals surface area contributed by atoms with E-state index in [0.717, 1.165) is 33.4 Å². The summed E-state index contributed by atoms with van der Waals surface area (Å²) in [6.45, 7) is 2.66. The van der Waals surface area contributed by atoms with Gasteiger partial charge in [-0.25, -0.2) is 0 Å². The molecule has 0 saturated heterocycles. The van der Waals surface area contributed by atoms with Gasteiger partial charge in [0.25, 0.3) is 0 Å². The molecule has 1 aromatic heterocycles. The number of thioether (sulfide) groups is 1. The molecule has 1 aliphatic rings. The molecular weight excluding hydrogens is 292 g/mol. The van der Waals surface area contributed by atoms with E-state index in [1.807, 2.05) is 31.2 Å². The fourth-order valence-corrected chi connectivity index (χ4v) is 3.97. The molecule has 2 heterocycles. The topological polar surface area (TPSA) is 42.3 Å². The Kier molecular flexibility index (Phi) is 3.67. The van der Waals surface area contributed by atoms with Crippen molar-refractivity contribution in [1.82, 2.24) is 4.57 Å². The Balaban J connectivity index is 1.87.